The minimum atomic E-state index is -0.843. The molecule has 0 heterocycles. The van der Waals surface area contributed by atoms with Crippen molar-refractivity contribution in [2.75, 3.05) is 7.05 Å². The Morgan fingerprint density at radius 3 is 2.90 bits per heavy atom. The van der Waals surface area contributed by atoms with Crippen molar-refractivity contribution in [3.63, 3.8) is 0 Å². The molecular formula is C8H12FN. The lowest BCUT2D eigenvalue weighted by atomic mass is 9.95. The molecule has 0 aromatic carbocycles. The number of halogens is 1. The van der Waals surface area contributed by atoms with E-state index in [9.17, 15) is 4.39 Å². The minimum absolute atomic E-state index is 0.362. The summed E-state index contributed by atoms with van der Waals surface area (Å²) in [5.74, 6) is 0.362. The third-order valence-corrected chi connectivity index (χ3v) is 1.75. The molecule has 2 heteroatoms. The van der Waals surface area contributed by atoms with E-state index in [1.807, 2.05) is 13.0 Å². The fourth-order valence-corrected chi connectivity index (χ4v) is 1.11. The van der Waals surface area contributed by atoms with Gasteiger partial charge in [0.1, 0.15) is 6.17 Å². The van der Waals surface area contributed by atoms with Crippen molar-refractivity contribution >= 4 is 5.71 Å². The van der Waals surface area contributed by atoms with Crippen LogP contribution in [0, 0.1) is 5.92 Å². The van der Waals surface area contributed by atoms with E-state index < -0.39 is 6.17 Å². The number of aliphatic imine (C=N–C) groups is 1. The van der Waals surface area contributed by atoms with Crippen molar-refractivity contribution < 1.29 is 4.39 Å². The quantitative estimate of drug-likeness (QED) is 0.489. The first-order valence-corrected chi connectivity index (χ1v) is 3.53. The van der Waals surface area contributed by atoms with Gasteiger partial charge in [-0.3, -0.25) is 4.99 Å². The molecule has 0 spiro atoms. The largest absolute Gasteiger partial charge is 0.290 e. The molecule has 1 aliphatic carbocycles. The number of allylic oxidation sites excluding steroid dienone is 2. The molecule has 1 aliphatic rings. The summed E-state index contributed by atoms with van der Waals surface area (Å²) in [6.45, 7) is 2.01. The van der Waals surface area contributed by atoms with Gasteiger partial charge in [-0.25, -0.2) is 4.39 Å². The zero-order valence-corrected chi connectivity index (χ0v) is 6.34. The predicted octanol–water partition coefficient (Wildman–Crippen LogP) is 1.99. The number of hydrogen-bond donors (Lipinski definition) is 0. The summed E-state index contributed by atoms with van der Waals surface area (Å²) in [6, 6.07) is 0. The summed E-state index contributed by atoms with van der Waals surface area (Å²) in [5, 5.41) is 0. The topological polar surface area (TPSA) is 12.4 Å². The molecular weight excluding hydrogens is 129 g/mol. The highest BCUT2D eigenvalue weighted by Gasteiger charge is 2.18. The van der Waals surface area contributed by atoms with E-state index in [1.165, 1.54) is 0 Å². The normalized spacial score (nSPS) is 36.9. The van der Waals surface area contributed by atoms with Crippen LogP contribution in [-0.2, 0) is 0 Å². The van der Waals surface area contributed by atoms with Crippen LogP contribution in [0.3, 0.4) is 0 Å². The van der Waals surface area contributed by atoms with Crippen LogP contribution in [0.4, 0.5) is 4.39 Å². The van der Waals surface area contributed by atoms with Gasteiger partial charge in [-0.05, 0) is 18.4 Å². The van der Waals surface area contributed by atoms with Crippen molar-refractivity contribution in [2.24, 2.45) is 10.9 Å². The van der Waals surface area contributed by atoms with Crippen LogP contribution < -0.4 is 0 Å². The van der Waals surface area contributed by atoms with Gasteiger partial charge in [-0.2, -0.15) is 0 Å². The van der Waals surface area contributed by atoms with Gasteiger partial charge < -0.3 is 0 Å². The Balaban J connectivity index is 2.72. The second-order valence-electron chi connectivity index (χ2n) is 2.69. The summed E-state index contributed by atoms with van der Waals surface area (Å²) >= 11 is 0. The van der Waals surface area contributed by atoms with Gasteiger partial charge in [0, 0.05) is 7.05 Å². The van der Waals surface area contributed by atoms with Gasteiger partial charge in [0.25, 0.3) is 0 Å². The van der Waals surface area contributed by atoms with Crippen LogP contribution in [0.15, 0.2) is 17.1 Å². The molecule has 56 valence electrons. The first-order valence-electron chi connectivity index (χ1n) is 3.53. The Morgan fingerprint density at radius 2 is 2.40 bits per heavy atom. The van der Waals surface area contributed by atoms with Crippen LogP contribution in [0.25, 0.3) is 0 Å². The summed E-state index contributed by atoms with van der Waals surface area (Å²) in [7, 11) is 1.63. The first-order chi connectivity index (χ1) is 4.74. The maximum absolute atomic E-state index is 12.9. The molecule has 10 heavy (non-hydrogen) atoms. The zero-order valence-electron chi connectivity index (χ0n) is 6.34. The highest BCUT2D eigenvalue weighted by molar-refractivity contribution is 5.99. The highest BCUT2D eigenvalue weighted by Crippen LogP contribution is 2.17. The maximum Gasteiger partial charge on any atom is 0.142 e. The van der Waals surface area contributed by atoms with Crippen molar-refractivity contribution in [1.29, 1.82) is 0 Å². The van der Waals surface area contributed by atoms with Crippen LogP contribution in [0.5, 0.6) is 0 Å². The monoisotopic (exact) mass is 141 g/mol. The minimum Gasteiger partial charge on any atom is -0.290 e. The molecule has 2 unspecified atom stereocenters. The van der Waals surface area contributed by atoms with Gasteiger partial charge in [0.2, 0.25) is 0 Å². The van der Waals surface area contributed by atoms with Gasteiger partial charge in [-0.1, -0.05) is 13.0 Å². The lowest BCUT2D eigenvalue weighted by Gasteiger charge is -2.16. The SMILES string of the molecule is CN=C1C=CC(C)CC1F. The zero-order chi connectivity index (χ0) is 7.56. The van der Waals surface area contributed by atoms with E-state index in [0.717, 1.165) is 0 Å². The van der Waals surface area contributed by atoms with Crippen molar-refractivity contribution in [3.05, 3.63) is 12.2 Å². The Bertz CT molecular complexity index is 172. The Labute approximate surface area is 60.7 Å². The van der Waals surface area contributed by atoms with Gasteiger partial charge in [0.05, 0.1) is 5.71 Å². The fourth-order valence-electron chi connectivity index (χ4n) is 1.11. The number of alkyl halides is 1. The fraction of sp³-hybridized carbons (Fsp3) is 0.625. The van der Waals surface area contributed by atoms with Crippen molar-refractivity contribution in [1.82, 2.24) is 0 Å². The summed E-state index contributed by atoms with van der Waals surface area (Å²) in [5.41, 5.74) is 0.582. The van der Waals surface area contributed by atoms with E-state index in [2.05, 4.69) is 4.99 Å². The molecule has 0 aromatic rings. The average molecular weight is 141 g/mol. The molecule has 0 fully saturated rings. The van der Waals surface area contributed by atoms with E-state index in [-0.39, 0.29) is 0 Å². The molecule has 0 aromatic heterocycles. The van der Waals surface area contributed by atoms with Gasteiger partial charge in [0.15, 0.2) is 0 Å². The molecule has 0 radical (unpaired) electrons. The van der Waals surface area contributed by atoms with Gasteiger partial charge in [-0.15, -0.1) is 0 Å². The third-order valence-electron chi connectivity index (χ3n) is 1.75. The second-order valence-corrected chi connectivity index (χ2v) is 2.69. The van der Waals surface area contributed by atoms with E-state index in [0.29, 0.717) is 18.1 Å². The third kappa shape index (κ3) is 1.43. The summed E-state index contributed by atoms with van der Waals surface area (Å²) < 4.78 is 12.9. The van der Waals surface area contributed by atoms with E-state index in [4.69, 9.17) is 0 Å². The number of nitrogens with zero attached hydrogens (tertiary/aromatic N) is 1. The molecule has 1 rings (SSSR count). The average Bonchev–Trinajstić information content (AvgIpc) is 1.88. The molecule has 0 saturated carbocycles. The second kappa shape index (κ2) is 2.95. The molecule has 0 bridgehead atoms. The maximum atomic E-state index is 12.9. The smallest absolute Gasteiger partial charge is 0.142 e. The summed E-state index contributed by atoms with van der Waals surface area (Å²) in [4.78, 5) is 3.82. The van der Waals surface area contributed by atoms with E-state index >= 15 is 0 Å². The van der Waals surface area contributed by atoms with Crippen LogP contribution in [-0.4, -0.2) is 18.9 Å². The standard InChI is InChI=1S/C8H12FN/c1-6-3-4-8(10-2)7(9)5-6/h3-4,6-7H,5H2,1-2H3. The number of rotatable bonds is 0. The van der Waals surface area contributed by atoms with Crippen LogP contribution in [0.2, 0.25) is 0 Å². The van der Waals surface area contributed by atoms with Crippen molar-refractivity contribution in [3.8, 4) is 0 Å². The summed E-state index contributed by atoms with van der Waals surface area (Å²) in [6.07, 6.45) is 3.52. The Morgan fingerprint density at radius 1 is 1.70 bits per heavy atom. The van der Waals surface area contributed by atoms with Gasteiger partial charge >= 0.3 is 0 Å². The first kappa shape index (κ1) is 7.45. The Hall–Kier alpha value is -0.660. The van der Waals surface area contributed by atoms with Crippen LogP contribution in [0.1, 0.15) is 13.3 Å². The molecule has 0 N–H and O–H groups in total. The number of hydrogen-bond acceptors (Lipinski definition) is 1. The lowest BCUT2D eigenvalue weighted by molar-refractivity contribution is 0.367. The van der Waals surface area contributed by atoms with E-state index in [1.54, 1.807) is 13.1 Å². The molecule has 0 aliphatic heterocycles. The predicted molar refractivity (Wildman–Crippen MR) is 41.2 cm³/mol. The van der Waals surface area contributed by atoms with Crippen LogP contribution >= 0.6 is 0 Å². The molecule has 0 amide bonds. The Kier molecular flexibility index (Phi) is 2.20. The highest BCUT2D eigenvalue weighted by atomic mass is 19.1. The molecule has 2 atom stereocenters. The lowest BCUT2D eigenvalue weighted by Crippen LogP contribution is -2.20. The van der Waals surface area contributed by atoms with Crippen molar-refractivity contribution in [2.45, 2.75) is 19.5 Å². The molecule has 1 nitrogen and oxygen atoms in total. The molecule has 0 saturated heterocycles.